The summed E-state index contributed by atoms with van der Waals surface area (Å²) in [6.07, 6.45) is 8.96. The Morgan fingerprint density at radius 2 is 2.00 bits per heavy atom. The third-order valence-corrected chi connectivity index (χ3v) is 2.90. The lowest BCUT2D eigenvalue weighted by Crippen LogP contribution is -1.94. The second-order valence-electron chi connectivity index (χ2n) is 4.17. The molecule has 0 unspecified atom stereocenters. The first-order valence-electron chi connectivity index (χ1n) is 6.06. The number of anilines is 1. The summed E-state index contributed by atoms with van der Waals surface area (Å²) < 4.78 is 3.59. The maximum atomic E-state index is 6.03. The van der Waals surface area contributed by atoms with Crippen LogP contribution < -0.4 is 5.73 Å². The number of aromatic nitrogens is 5. The van der Waals surface area contributed by atoms with Crippen molar-refractivity contribution in [2.24, 2.45) is 0 Å². The molecule has 0 saturated carbocycles. The van der Waals surface area contributed by atoms with Crippen molar-refractivity contribution in [3.8, 4) is 16.9 Å². The van der Waals surface area contributed by atoms with Crippen LogP contribution in [0.3, 0.4) is 0 Å². The summed E-state index contributed by atoms with van der Waals surface area (Å²) in [5, 5.41) is 8.74. The largest absolute Gasteiger partial charge is 0.396 e. The molecule has 0 fully saturated rings. The Morgan fingerprint density at radius 3 is 2.68 bits per heavy atom. The first-order chi connectivity index (χ1) is 9.28. The molecule has 0 aliphatic carbocycles. The lowest BCUT2D eigenvalue weighted by atomic mass is 10.2. The Morgan fingerprint density at radius 1 is 1.21 bits per heavy atom. The van der Waals surface area contributed by atoms with E-state index in [4.69, 9.17) is 5.73 Å². The first-order valence-corrected chi connectivity index (χ1v) is 6.06. The Bertz CT molecular complexity index is 682. The predicted molar refractivity (Wildman–Crippen MR) is 72.7 cm³/mol. The second-order valence-corrected chi connectivity index (χ2v) is 4.17. The van der Waals surface area contributed by atoms with Crippen molar-refractivity contribution in [1.29, 1.82) is 0 Å². The number of hydrogen-bond donors (Lipinski definition) is 1. The van der Waals surface area contributed by atoms with Gasteiger partial charge in [0.05, 0.1) is 23.8 Å². The predicted octanol–water partition coefficient (Wildman–Crippen LogP) is 1.73. The van der Waals surface area contributed by atoms with Gasteiger partial charge in [0.15, 0.2) is 0 Å². The molecule has 0 aliphatic rings. The highest BCUT2D eigenvalue weighted by Gasteiger charge is 2.11. The van der Waals surface area contributed by atoms with Crippen LogP contribution in [0.4, 0.5) is 5.69 Å². The molecule has 0 bridgehead atoms. The van der Waals surface area contributed by atoms with Crippen LogP contribution in [0.1, 0.15) is 6.92 Å². The summed E-state index contributed by atoms with van der Waals surface area (Å²) in [5.74, 6) is 0. The van der Waals surface area contributed by atoms with Gasteiger partial charge in [0.2, 0.25) is 0 Å². The Labute approximate surface area is 110 Å². The molecule has 0 aromatic carbocycles. The average molecular weight is 254 g/mol. The molecule has 0 saturated heterocycles. The number of nitrogen functional groups attached to an aromatic ring is 1. The van der Waals surface area contributed by atoms with Gasteiger partial charge >= 0.3 is 0 Å². The van der Waals surface area contributed by atoms with E-state index in [0.29, 0.717) is 5.69 Å². The zero-order valence-electron chi connectivity index (χ0n) is 10.6. The van der Waals surface area contributed by atoms with Gasteiger partial charge in [-0.2, -0.15) is 10.2 Å². The lowest BCUT2D eigenvalue weighted by molar-refractivity contribution is 0.660. The molecule has 3 aromatic heterocycles. The Hall–Kier alpha value is -2.63. The van der Waals surface area contributed by atoms with E-state index in [2.05, 4.69) is 15.2 Å². The van der Waals surface area contributed by atoms with Crippen LogP contribution in [0.25, 0.3) is 16.9 Å². The summed E-state index contributed by atoms with van der Waals surface area (Å²) in [6.45, 7) is 2.86. The monoisotopic (exact) mass is 254 g/mol. The van der Waals surface area contributed by atoms with Crippen molar-refractivity contribution < 1.29 is 0 Å². The highest BCUT2D eigenvalue weighted by Crippen LogP contribution is 2.24. The molecule has 2 N–H and O–H groups in total. The summed E-state index contributed by atoms with van der Waals surface area (Å²) in [5.41, 5.74) is 9.25. The van der Waals surface area contributed by atoms with Crippen LogP contribution in [0, 0.1) is 0 Å². The van der Waals surface area contributed by atoms with Crippen LogP contribution in [-0.4, -0.2) is 24.5 Å². The van der Waals surface area contributed by atoms with E-state index >= 15 is 0 Å². The van der Waals surface area contributed by atoms with Crippen molar-refractivity contribution in [2.75, 3.05) is 5.73 Å². The van der Waals surface area contributed by atoms with Crippen molar-refractivity contribution in [3.63, 3.8) is 0 Å². The molecule has 3 heterocycles. The molecule has 6 heteroatoms. The Kier molecular flexibility index (Phi) is 2.75. The van der Waals surface area contributed by atoms with Crippen LogP contribution in [-0.2, 0) is 6.54 Å². The van der Waals surface area contributed by atoms with E-state index < -0.39 is 0 Å². The standard InChI is InChI=1S/C13H14N6/c1-2-18-8-10(7-16-18)13-12(14)9-19(17-13)11-3-5-15-6-4-11/h3-9H,2,14H2,1H3. The summed E-state index contributed by atoms with van der Waals surface area (Å²) in [6, 6.07) is 3.76. The smallest absolute Gasteiger partial charge is 0.119 e. The van der Waals surface area contributed by atoms with Crippen LogP contribution in [0.5, 0.6) is 0 Å². The van der Waals surface area contributed by atoms with Gasteiger partial charge < -0.3 is 5.73 Å². The molecule has 0 aliphatic heterocycles. The average Bonchev–Trinajstić information content (AvgIpc) is 3.06. The normalized spacial score (nSPS) is 10.8. The fraction of sp³-hybridized carbons (Fsp3) is 0.154. The first kappa shape index (κ1) is 11.5. The van der Waals surface area contributed by atoms with Crippen LogP contribution >= 0.6 is 0 Å². The van der Waals surface area contributed by atoms with Gasteiger partial charge in [-0.05, 0) is 19.1 Å². The van der Waals surface area contributed by atoms with Gasteiger partial charge in [-0.3, -0.25) is 9.67 Å². The van der Waals surface area contributed by atoms with E-state index in [9.17, 15) is 0 Å². The van der Waals surface area contributed by atoms with Crippen molar-refractivity contribution >= 4 is 5.69 Å². The minimum atomic E-state index is 0.632. The molecule has 3 rings (SSSR count). The summed E-state index contributed by atoms with van der Waals surface area (Å²) >= 11 is 0. The van der Waals surface area contributed by atoms with E-state index in [1.165, 1.54) is 0 Å². The lowest BCUT2D eigenvalue weighted by Gasteiger charge is -1.98. The van der Waals surface area contributed by atoms with Gasteiger partial charge in [0.25, 0.3) is 0 Å². The molecule has 0 amide bonds. The van der Waals surface area contributed by atoms with Gasteiger partial charge in [0, 0.05) is 30.7 Å². The van der Waals surface area contributed by atoms with Gasteiger partial charge in [-0.15, -0.1) is 0 Å². The minimum absolute atomic E-state index is 0.632. The Balaban J connectivity index is 2.02. The molecule has 96 valence electrons. The number of pyridine rings is 1. The third kappa shape index (κ3) is 2.08. The van der Waals surface area contributed by atoms with Gasteiger partial charge in [-0.1, -0.05) is 0 Å². The van der Waals surface area contributed by atoms with E-state index in [0.717, 1.165) is 23.5 Å². The molecule has 0 spiro atoms. The molecule has 0 radical (unpaired) electrons. The minimum Gasteiger partial charge on any atom is -0.396 e. The highest BCUT2D eigenvalue weighted by molar-refractivity contribution is 5.71. The number of aryl methyl sites for hydroxylation is 1. The van der Waals surface area contributed by atoms with Crippen LogP contribution in [0.2, 0.25) is 0 Å². The van der Waals surface area contributed by atoms with E-state index in [1.54, 1.807) is 29.5 Å². The van der Waals surface area contributed by atoms with Gasteiger partial charge in [0.1, 0.15) is 5.69 Å². The van der Waals surface area contributed by atoms with Gasteiger partial charge in [-0.25, -0.2) is 4.68 Å². The van der Waals surface area contributed by atoms with E-state index in [1.807, 2.05) is 29.9 Å². The van der Waals surface area contributed by atoms with Crippen molar-refractivity contribution in [1.82, 2.24) is 24.5 Å². The third-order valence-electron chi connectivity index (χ3n) is 2.90. The second kappa shape index (κ2) is 4.56. The SMILES string of the molecule is CCn1cc(-c2nn(-c3ccncc3)cc2N)cn1. The number of rotatable bonds is 3. The van der Waals surface area contributed by atoms with Crippen LogP contribution in [0.15, 0.2) is 43.1 Å². The number of hydrogen-bond acceptors (Lipinski definition) is 4. The zero-order chi connectivity index (χ0) is 13.2. The topological polar surface area (TPSA) is 74.5 Å². The molecule has 19 heavy (non-hydrogen) atoms. The molecule has 6 nitrogen and oxygen atoms in total. The molecule has 3 aromatic rings. The highest BCUT2D eigenvalue weighted by atomic mass is 15.3. The number of nitrogens with two attached hydrogens (primary N) is 1. The van der Waals surface area contributed by atoms with Crippen molar-refractivity contribution in [2.45, 2.75) is 13.5 Å². The van der Waals surface area contributed by atoms with E-state index in [-0.39, 0.29) is 0 Å². The maximum Gasteiger partial charge on any atom is 0.119 e. The quantitative estimate of drug-likeness (QED) is 0.772. The fourth-order valence-corrected chi connectivity index (χ4v) is 1.90. The maximum absolute atomic E-state index is 6.03. The fourth-order valence-electron chi connectivity index (χ4n) is 1.90. The molecular formula is C13H14N6. The summed E-state index contributed by atoms with van der Waals surface area (Å²) in [4.78, 5) is 3.99. The zero-order valence-corrected chi connectivity index (χ0v) is 10.6. The number of nitrogens with zero attached hydrogens (tertiary/aromatic N) is 5. The molecular weight excluding hydrogens is 240 g/mol. The van der Waals surface area contributed by atoms with Crippen molar-refractivity contribution in [3.05, 3.63) is 43.1 Å². The molecule has 0 atom stereocenters. The summed E-state index contributed by atoms with van der Waals surface area (Å²) in [7, 11) is 0.